The number of ether oxygens (including phenoxy) is 2. The van der Waals surface area contributed by atoms with Gasteiger partial charge in [0.2, 0.25) is 0 Å². The van der Waals surface area contributed by atoms with Gasteiger partial charge in [-0.15, -0.1) is 0 Å². The lowest BCUT2D eigenvalue weighted by Crippen LogP contribution is -2.21. The molecule has 5 heteroatoms. The summed E-state index contributed by atoms with van der Waals surface area (Å²) in [6.45, 7) is 8.11. The van der Waals surface area contributed by atoms with Crippen molar-refractivity contribution >= 4 is 5.97 Å². The van der Waals surface area contributed by atoms with Crippen LogP contribution in [-0.4, -0.2) is 32.3 Å². The Labute approximate surface area is 153 Å². The number of carbonyl (C=O) groups is 1. The van der Waals surface area contributed by atoms with Crippen molar-refractivity contribution < 1.29 is 14.3 Å². The number of unbranched alkanes of at least 4 members (excludes halogenated alkanes) is 6. The Kier molecular flexibility index (Phi) is 16.2. The average Bonchev–Trinajstić information content (AvgIpc) is 2.62. The Hall–Kier alpha value is -1.54. The van der Waals surface area contributed by atoms with Crippen molar-refractivity contribution in [3.8, 4) is 6.07 Å². The van der Waals surface area contributed by atoms with Gasteiger partial charge in [-0.25, -0.2) is 4.79 Å². The van der Waals surface area contributed by atoms with Crippen molar-refractivity contribution in [2.24, 2.45) is 0 Å². The second kappa shape index (κ2) is 17.3. The zero-order chi connectivity index (χ0) is 18.8. The van der Waals surface area contributed by atoms with Crippen LogP contribution in [0, 0.1) is 11.3 Å². The van der Waals surface area contributed by atoms with Gasteiger partial charge in [-0.3, -0.25) is 0 Å². The van der Waals surface area contributed by atoms with E-state index in [0.29, 0.717) is 19.6 Å². The van der Waals surface area contributed by atoms with E-state index in [9.17, 15) is 10.1 Å². The van der Waals surface area contributed by atoms with Crippen LogP contribution in [-0.2, 0) is 14.3 Å². The van der Waals surface area contributed by atoms with E-state index in [4.69, 9.17) is 9.47 Å². The van der Waals surface area contributed by atoms with E-state index in [-0.39, 0.29) is 12.2 Å². The number of hydrogen-bond donors (Lipinski definition) is 1. The fraction of sp³-hybridized carbons (Fsp3) is 0.800. The lowest BCUT2D eigenvalue weighted by atomic mass is 10.1. The molecule has 0 aromatic carbocycles. The second-order valence-electron chi connectivity index (χ2n) is 6.10. The molecular weight excluding hydrogens is 316 g/mol. The quantitative estimate of drug-likeness (QED) is 0.192. The van der Waals surface area contributed by atoms with Crippen LogP contribution in [0.2, 0.25) is 0 Å². The van der Waals surface area contributed by atoms with E-state index in [2.05, 4.69) is 19.2 Å². The summed E-state index contributed by atoms with van der Waals surface area (Å²) in [5.74, 6) is -0.552. The molecule has 0 aromatic rings. The molecule has 25 heavy (non-hydrogen) atoms. The van der Waals surface area contributed by atoms with Crippen LogP contribution in [0.1, 0.15) is 78.6 Å². The van der Waals surface area contributed by atoms with E-state index < -0.39 is 5.97 Å². The number of esters is 1. The van der Waals surface area contributed by atoms with Crippen LogP contribution < -0.4 is 5.32 Å². The average molecular weight is 353 g/mol. The standard InChI is InChI=1S/C20H36N2O3/c1-4-7-9-10-11-12-14-22-19(13-8-5-2)18(17-21)20(23)25-16-15-24-6-3/h22H,4-16H2,1-3H3. The van der Waals surface area contributed by atoms with Crippen molar-refractivity contribution in [3.63, 3.8) is 0 Å². The first-order chi connectivity index (χ1) is 12.2. The molecule has 0 aliphatic heterocycles. The molecule has 0 heterocycles. The summed E-state index contributed by atoms with van der Waals surface area (Å²) in [5.41, 5.74) is 0.829. The van der Waals surface area contributed by atoms with Gasteiger partial charge in [0, 0.05) is 18.8 Å². The molecule has 0 fully saturated rings. The Morgan fingerprint density at radius 2 is 1.64 bits per heavy atom. The summed E-state index contributed by atoms with van der Waals surface area (Å²) in [4.78, 5) is 12.2. The molecule has 0 saturated heterocycles. The zero-order valence-corrected chi connectivity index (χ0v) is 16.4. The summed E-state index contributed by atoms with van der Waals surface area (Å²) >= 11 is 0. The Balaban J connectivity index is 4.50. The maximum atomic E-state index is 12.2. The molecule has 0 atom stereocenters. The summed E-state index contributed by atoms with van der Waals surface area (Å²) in [7, 11) is 0. The van der Waals surface area contributed by atoms with Gasteiger partial charge in [0.25, 0.3) is 0 Å². The van der Waals surface area contributed by atoms with Gasteiger partial charge >= 0.3 is 5.97 Å². The molecule has 0 aliphatic carbocycles. The van der Waals surface area contributed by atoms with Crippen molar-refractivity contribution in [2.75, 3.05) is 26.4 Å². The first-order valence-corrected chi connectivity index (χ1v) is 9.83. The fourth-order valence-electron chi connectivity index (χ4n) is 2.45. The molecule has 0 rings (SSSR count). The topological polar surface area (TPSA) is 71.4 Å². The van der Waals surface area contributed by atoms with E-state index >= 15 is 0 Å². The highest BCUT2D eigenvalue weighted by atomic mass is 16.6. The predicted molar refractivity (Wildman–Crippen MR) is 101 cm³/mol. The molecule has 0 amide bonds. The molecule has 0 aromatic heterocycles. The minimum Gasteiger partial charge on any atom is -0.459 e. The Morgan fingerprint density at radius 1 is 0.960 bits per heavy atom. The largest absolute Gasteiger partial charge is 0.459 e. The van der Waals surface area contributed by atoms with Crippen LogP contribution in [0.25, 0.3) is 0 Å². The SMILES string of the molecule is CCCCCCCCNC(CCCC)=C(C#N)C(=O)OCCOCC. The molecule has 0 radical (unpaired) electrons. The van der Waals surface area contributed by atoms with Gasteiger partial charge in [0.15, 0.2) is 5.57 Å². The lowest BCUT2D eigenvalue weighted by molar-refractivity contribution is -0.140. The minimum absolute atomic E-state index is 0.107. The molecular formula is C20H36N2O3. The van der Waals surface area contributed by atoms with Crippen LogP contribution >= 0.6 is 0 Å². The number of nitrogens with one attached hydrogen (secondary N) is 1. The molecule has 144 valence electrons. The number of rotatable bonds is 16. The van der Waals surface area contributed by atoms with E-state index in [1.807, 2.05) is 13.0 Å². The summed E-state index contributed by atoms with van der Waals surface area (Å²) in [6, 6.07) is 2.02. The van der Waals surface area contributed by atoms with Gasteiger partial charge in [-0.05, 0) is 26.2 Å². The monoisotopic (exact) mass is 352 g/mol. The smallest absolute Gasteiger partial charge is 0.350 e. The second-order valence-corrected chi connectivity index (χ2v) is 6.10. The Morgan fingerprint density at radius 3 is 2.28 bits per heavy atom. The third kappa shape index (κ3) is 12.5. The van der Waals surface area contributed by atoms with E-state index in [1.54, 1.807) is 0 Å². The lowest BCUT2D eigenvalue weighted by Gasteiger charge is -2.13. The third-order valence-electron chi connectivity index (χ3n) is 3.93. The highest BCUT2D eigenvalue weighted by Gasteiger charge is 2.16. The number of hydrogen-bond acceptors (Lipinski definition) is 5. The van der Waals surface area contributed by atoms with Crippen LogP contribution in [0.5, 0.6) is 0 Å². The number of carbonyl (C=O) groups excluding carboxylic acids is 1. The molecule has 0 bridgehead atoms. The van der Waals surface area contributed by atoms with Crippen LogP contribution in [0.4, 0.5) is 0 Å². The molecule has 0 aliphatic rings. The summed E-state index contributed by atoms with van der Waals surface area (Å²) in [5, 5.41) is 12.7. The van der Waals surface area contributed by atoms with Gasteiger partial charge in [-0.2, -0.15) is 5.26 Å². The van der Waals surface area contributed by atoms with Crippen molar-refractivity contribution in [3.05, 3.63) is 11.3 Å². The number of allylic oxidation sites excluding steroid dienone is 1. The molecule has 1 N–H and O–H groups in total. The van der Waals surface area contributed by atoms with Gasteiger partial charge in [-0.1, -0.05) is 52.4 Å². The maximum absolute atomic E-state index is 12.2. The number of nitriles is 1. The predicted octanol–water partition coefficient (Wildman–Crippen LogP) is 4.48. The van der Waals surface area contributed by atoms with Crippen molar-refractivity contribution in [1.82, 2.24) is 5.32 Å². The van der Waals surface area contributed by atoms with E-state index in [0.717, 1.165) is 31.5 Å². The van der Waals surface area contributed by atoms with Crippen molar-refractivity contribution in [2.45, 2.75) is 78.6 Å². The number of nitrogens with zero attached hydrogens (tertiary/aromatic N) is 1. The molecule has 0 saturated carbocycles. The van der Waals surface area contributed by atoms with Crippen LogP contribution in [0.15, 0.2) is 11.3 Å². The van der Waals surface area contributed by atoms with Crippen molar-refractivity contribution in [1.29, 1.82) is 5.26 Å². The zero-order valence-electron chi connectivity index (χ0n) is 16.4. The van der Waals surface area contributed by atoms with Crippen LogP contribution in [0.3, 0.4) is 0 Å². The maximum Gasteiger partial charge on any atom is 0.350 e. The van der Waals surface area contributed by atoms with Gasteiger partial charge < -0.3 is 14.8 Å². The Bertz CT molecular complexity index is 414. The highest BCUT2D eigenvalue weighted by Crippen LogP contribution is 2.12. The first kappa shape index (κ1) is 23.5. The normalized spacial score (nSPS) is 11.6. The summed E-state index contributed by atoms with van der Waals surface area (Å²) < 4.78 is 10.3. The van der Waals surface area contributed by atoms with Gasteiger partial charge in [0.1, 0.15) is 12.7 Å². The highest BCUT2D eigenvalue weighted by molar-refractivity contribution is 5.93. The minimum atomic E-state index is -0.552. The molecule has 0 unspecified atom stereocenters. The first-order valence-electron chi connectivity index (χ1n) is 9.83. The van der Waals surface area contributed by atoms with Gasteiger partial charge in [0.05, 0.1) is 6.61 Å². The summed E-state index contributed by atoms with van der Waals surface area (Å²) in [6.07, 6.45) is 9.96. The van der Waals surface area contributed by atoms with E-state index in [1.165, 1.54) is 32.1 Å². The molecule has 5 nitrogen and oxygen atoms in total. The molecule has 0 spiro atoms. The third-order valence-corrected chi connectivity index (χ3v) is 3.93. The fourth-order valence-corrected chi connectivity index (χ4v) is 2.45.